The number of allylic oxidation sites excluding steroid dienone is 8. The topological polar surface area (TPSA) is 47.6 Å². The van der Waals surface area contributed by atoms with Crippen molar-refractivity contribution >= 4 is 17.9 Å². The fourth-order valence-corrected chi connectivity index (χ4v) is 3.12. The van der Waals surface area contributed by atoms with E-state index in [9.17, 15) is 4.79 Å². The minimum Gasteiger partial charge on any atom is -0.436 e. The van der Waals surface area contributed by atoms with Gasteiger partial charge in [-0.25, -0.2) is 4.79 Å². The second-order valence-electron chi connectivity index (χ2n) is 5.83. The van der Waals surface area contributed by atoms with Crippen LogP contribution in [0.2, 0.25) is 0 Å². The molecule has 0 fully saturated rings. The van der Waals surface area contributed by atoms with Crippen LogP contribution in [-0.2, 0) is 9.47 Å². The van der Waals surface area contributed by atoms with Gasteiger partial charge in [-0.15, -0.1) is 6.58 Å². The van der Waals surface area contributed by atoms with Gasteiger partial charge >= 0.3 is 6.09 Å². The van der Waals surface area contributed by atoms with Crippen LogP contribution in [0.1, 0.15) is 6.42 Å². The molecule has 0 saturated carbocycles. The van der Waals surface area contributed by atoms with Crippen molar-refractivity contribution in [2.75, 3.05) is 31.3 Å². The Balaban J connectivity index is 1.62. The molecule has 0 saturated heterocycles. The Kier molecular flexibility index (Phi) is 10.1. The first-order chi connectivity index (χ1) is 13.3. The molecule has 0 aromatic rings. The van der Waals surface area contributed by atoms with Gasteiger partial charge in [-0.2, -0.15) is 11.8 Å². The Morgan fingerprint density at radius 3 is 2.30 bits per heavy atom. The quantitative estimate of drug-likeness (QED) is 0.444. The molecule has 1 amide bonds. The molecule has 0 aromatic heterocycles. The lowest BCUT2D eigenvalue weighted by Gasteiger charge is -2.07. The zero-order chi connectivity index (χ0) is 19.2. The number of amides is 1. The number of rotatable bonds is 10. The number of carbonyl (C=O) groups excluding carboxylic acids is 1. The van der Waals surface area contributed by atoms with Gasteiger partial charge in [0.2, 0.25) is 0 Å². The molecule has 2 aliphatic carbocycles. The monoisotopic (exact) mass is 385 g/mol. The van der Waals surface area contributed by atoms with Crippen LogP contribution < -0.4 is 5.32 Å². The van der Waals surface area contributed by atoms with E-state index in [0.29, 0.717) is 13.2 Å². The maximum absolute atomic E-state index is 12.0. The molecule has 2 aliphatic rings. The number of alkyl carbamates (subject to hydrolysis) is 1. The average Bonchev–Trinajstić information content (AvgIpc) is 3.30. The van der Waals surface area contributed by atoms with E-state index in [1.54, 1.807) is 6.08 Å². The van der Waals surface area contributed by atoms with Crippen molar-refractivity contribution in [3.05, 3.63) is 84.6 Å². The molecule has 0 spiro atoms. The number of hydrogen-bond acceptors (Lipinski definition) is 4. The molecule has 4 nitrogen and oxygen atoms in total. The van der Waals surface area contributed by atoms with Gasteiger partial charge in [0.25, 0.3) is 0 Å². The highest BCUT2D eigenvalue weighted by molar-refractivity contribution is 7.99. The van der Waals surface area contributed by atoms with E-state index in [4.69, 9.17) is 9.47 Å². The Labute approximate surface area is 166 Å². The van der Waals surface area contributed by atoms with E-state index >= 15 is 0 Å². The van der Waals surface area contributed by atoms with Gasteiger partial charge in [-0.1, -0.05) is 66.8 Å². The van der Waals surface area contributed by atoms with Crippen molar-refractivity contribution < 1.29 is 14.3 Å². The average molecular weight is 386 g/mol. The molecule has 144 valence electrons. The molecule has 0 bridgehead atoms. The smallest absolute Gasteiger partial charge is 0.408 e. The van der Waals surface area contributed by atoms with Crippen LogP contribution >= 0.6 is 11.8 Å². The second kappa shape index (κ2) is 13.0. The summed E-state index contributed by atoms with van der Waals surface area (Å²) < 4.78 is 10.8. The first kappa shape index (κ1) is 21.1. The molecule has 1 unspecified atom stereocenters. The molecule has 0 heterocycles. The van der Waals surface area contributed by atoms with E-state index < -0.39 is 0 Å². The van der Waals surface area contributed by atoms with E-state index in [2.05, 4.69) is 11.9 Å². The first-order valence-corrected chi connectivity index (χ1v) is 10.3. The van der Waals surface area contributed by atoms with Crippen molar-refractivity contribution in [3.63, 3.8) is 0 Å². The van der Waals surface area contributed by atoms with Crippen LogP contribution in [0.5, 0.6) is 0 Å². The molecule has 27 heavy (non-hydrogen) atoms. The molecule has 0 aliphatic heterocycles. The number of thioether (sulfide) groups is 1. The van der Waals surface area contributed by atoms with Crippen LogP contribution in [0, 0.1) is 0 Å². The summed E-state index contributed by atoms with van der Waals surface area (Å²) in [6.45, 7) is 5.54. The van der Waals surface area contributed by atoms with Crippen molar-refractivity contribution in [2.24, 2.45) is 0 Å². The molecule has 1 atom stereocenters. The molecule has 5 heteroatoms. The number of hydrogen-bond donors (Lipinski definition) is 1. The predicted molar refractivity (Wildman–Crippen MR) is 114 cm³/mol. The van der Waals surface area contributed by atoms with Crippen LogP contribution in [-0.4, -0.2) is 43.5 Å². The number of carbonyl (C=O) groups is 1. The summed E-state index contributed by atoms with van der Waals surface area (Å²) >= 11 is 1.81. The van der Waals surface area contributed by atoms with Gasteiger partial charge in [-0.3, -0.25) is 0 Å². The number of nitrogens with one attached hydrogen (secondary N) is 1. The Hall–Kier alpha value is -2.24. The summed E-state index contributed by atoms with van der Waals surface area (Å²) in [5.74, 6) is 1.93. The standard InChI is InChI=1S/C22H27NO3S/c1-2-15-25-16-18-27-17-11-14-23-22(24)26-21-19-12-9-7-5-3-4-6-8-10-13-20(19)21/h2-10,12-13,21H,1,11,14-18H2,(H,23,24)/b4-3-,5-3?,6-4?,7-5-,8-6-,9-7?,10-8?,12-9-,13-10?,19-12?,20-13?. The van der Waals surface area contributed by atoms with Crippen LogP contribution in [0.25, 0.3) is 0 Å². The van der Waals surface area contributed by atoms with Crippen LogP contribution in [0.3, 0.4) is 0 Å². The van der Waals surface area contributed by atoms with Gasteiger partial charge in [0.05, 0.1) is 13.2 Å². The molecular weight excluding hydrogens is 358 g/mol. The minimum absolute atomic E-state index is 0.246. The Morgan fingerprint density at radius 1 is 1.04 bits per heavy atom. The van der Waals surface area contributed by atoms with Crippen molar-refractivity contribution in [1.82, 2.24) is 5.32 Å². The van der Waals surface area contributed by atoms with E-state index in [0.717, 1.165) is 35.7 Å². The lowest BCUT2D eigenvalue weighted by atomic mass is 10.3. The summed E-state index contributed by atoms with van der Waals surface area (Å²) in [5, 5.41) is 2.82. The fraction of sp³-hybridized carbons (Fsp3) is 0.318. The Bertz CT molecular complexity index is 635. The lowest BCUT2D eigenvalue weighted by molar-refractivity contribution is 0.144. The SMILES string of the molecule is C=CCOCCSCCCNC(=O)OC1C2=C1\C=C/C=C\C=C/C=C\C=C2. The summed E-state index contributed by atoms with van der Waals surface area (Å²) in [4.78, 5) is 12.0. The third-order valence-electron chi connectivity index (χ3n) is 3.71. The predicted octanol–water partition coefficient (Wildman–Crippen LogP) is 4.51. The third-order valence-corrected chi connectivity index (χ3v) is 4.74. The normalized spacial score (nSPS) is 22.6. The van der Waals surface area contributed by atoms with Crippen LogP contribution in [0.15, 0.2) is 84.6 Å². The first-order valence-electron chi connectivity index (χ1n) is 9.12. The molecule has 1 N–H and O–H groups in total. The summed E-state index contributed by atoms with van der Waals surface area (Å²) in [6, 6.07) is 0. The second-order valence-corrected chi connectivity index (χ2v) is 7.05. The zero-order valence-corrected chi connectivity index (χ0v) is 16.3. The largest absolute Gasteiger partial charge is 0.436 e. The highest BCUT2D eigenvalue weighted by Gasteiger charge is 2.36. The molecule has 2 rings (SSSR count). The maximum Gasteiger partial charge on any atom is 0.408 e. The summed E-state index contributed by atoms with van der Waals surface area (Å²) in [6.07, 6.45) is 21.7. The van der Waals surface area contributed by atoms with Gasteiger partial charge in [0, 0.05) is 23.4 Å². The third kappa shape index (κ3) is 8.80. The van der Waals surface area contributed by atoms with Crippen molar-refractivity contribution in [3.8, 4) is 0 Å². The van der Waals surface area contributed by atoms with Crippen LogP contribution in [0.4, 0.5) is 4.79 Å². The van der Waals surface area contributed by atoms with E-state index in [-0.39, 0.29) is 12.2 Å². The van der Waals surface area contributed by atoms with E-state index in [1.807, 2.05) is 72.5 Å². The highest BCUT2D eigenvalue weighted by Crippen LogP contribution is 2.37. The maximum atomic E-state index is 12.0. The highest BCUT2D eigenvalue weighted by atomic mass is 32.2. The van der Waals surface area contributed by atoms with Gasteiger partial charge < -0.3 is 14.8 Å². The Morgan fingerprint density at radius 2 is 1.67 bits per heavy atom. The van der Waals surface area contributed by atoms with Crippen molar-refractivity contribution in [1.29, 1.82) is 0 Å². The summed E-state index contributed by atoms with van der Waals surface area (Å²) in [7, 11) is 0. The van der Waals surface area contributed by atoms with E-state index in [1.165, 1.54) is 0 Å². The van der Waals surface area contributed by atoms with Crippen molar-refractivity contribution in [2.45, 2.75) is 12.5 Å². The number of ether oxygens (including phenoxy) is 2. The lowest BCUT2D eigenvalue weighted by Crippen LogP contribution is -2.27. The summed E-state index contributed by atoms with van der Waals surface area (Å²) in [5.41, 5.74) is 2.08. The molecular formula is C22H27NO3S. The minimum atomic E-state index is -0.370. The van der Waals surface area contributed by atoms with Gasteiger partial charge in [-0.05, 0) is 12.2 Å². The van der Waals surface area contributed by atoms with Gasteiger partial charge in [0.1, 0.15) is 0 Å². The molecule has 0 radical (unpaired) electrons. The fourth-order valence-electron chi connectivity index (χ4n) is 2.33. The zero-order valence-electron chi connectivity index (χ0n) is 15.5. The molecule has 0 aromatic carbocycles. The van der Waals surface area contributed by atoms with Gasteiger partial charge in [0.15, 0.2) is 6.10 Å².